The monoisotopic (exact) mass is 177 g/mol. The highest BCUT2D eigenvalue weighted by molar-refractivity contribution is 5.07. The molecule has 0 radical (unpaired) electrons. The molecule has 1 aromatic rings. The van der Waals surface area contributed by atoms with Crippen molar-refractivity contribution in [3.8, 4) is 18.0 Å². The van der Waals surface area contributed by atoms with Crippen molar-refractivity contribution in [2.24, 2.45) is 0 Å². The lowest BCUT2D eigenvalue weighted by molar-refractivity contribution is -0.169. The Balaban J connectivity index is 3.01. The van der Waals surface area contributed by atoms with Crippen LogP contribution in [0.4, 0.5) is 0 Å². The Bertz CT molecular complexity index is 211. The summed E-state index contributed by atoms with van der Waals surface area (Å²) in [6.45, 7) is 0. The Morgan fingerprint density at radius 3 is 1.08 bits per heavy atom. The summed E-state index contributed by atoms with van der Waals surface area (Å²) in [6.07, 6.45) is 0. The second kappa shape index (κ2) is 3.61. The van der Waals surface area contributed by atoms with Crippen molar-refractivity contribution in [2.45, 2.75) is 0 Å². The van der Waals surface area contributed by atoms with Crippen LogP contribution >= 0.6 is 0 Å². The minimum absolute atomic E-state index is 0.599. The molecule has 0 saturated heterocycles. The summed E-state index contributed by atoms with van der Waals surface area (Å²) in [5.74, 6) is 0. The van der Waals surface area contributed by atoms with E-state index in [1.54, 1.807) is 0 Å². The van der Waals surface area contributed by atoms with Crippen molar-refractivity contribution < 1.29 is 30.4 Å². The Kier molecular flexibility index (Phi) is 2.53. The standard InChI is InChI=1S/C3H3N3O6/c7-10-1-4-2(11-8)6-3(5-1)12-9/h7-9H. The van der Waals surface area contributed by atoms with Crippen LogP contribution in [-0.4, -0.2) is 30.7 Å². The van der Waals surface area contributed by atoms with Gasteiger partial charge in [0.15, 0.2) is 0 Å². The van der Waals surface area contributed by atoms with Crippen LogP contribution in [0.5, 0.6) is 18.0 Å². The average molecular weight is 177 g/mol. The highest BCUT2D eigenvalue weighted by Gasteiger charge is 2.09. The molecule has 0 spiro atoms. The van der Waals surface area contributed by atoms with Crippen molar-refractivity contribution in [3.63, 3.8) is 0 Å². The van der Waals surface area contributed by atoms with E-state index in [1.165, 1.54) is 0 Å². The fraction of sp³-hybridized carbons (Fsp3) is 0. The molecule has 9 heteroatoms. The molecule has 3 N–H and O–H groups in total. The van der Waals surface area contributed by atoms with Crippen LogP contribution in [0.3, 0.4) is 0 Å². The first kappa shape index (κ1) is 8.39. The van der Waals surface area contributed by atoms with Gasteiger partial charge in [-0.2, -0.15) is 15.8 Å². The van der Waals surface area contributed by atoms with E-state index in [-0.39, 0.29) is 0 Å². The van der Waals surface area contributed by atoms with Gasteiger partial charge in [-0.05, 0) is 0 Å². The Hall–Kier alpha value is -1.71. The number of aromatic nitrogens is 3. The summed E-state index contributed by atoms with van der Waals surface area (Å²) in [5, 5.41) is 24.2. The fourth-order valence-electron chi connectivity index (χ4n) is 0.443. The average Bonchev–Trinajstić information content (AvgIpc) is 2.16. The lowest BCUT2D eigenvalue weighted by atomic mass is 10.9. The van der Waals surface area contributed by atoms with Crippen LogP contribution in [-0.2, 0) is 0 Å². The van der Waals surface area contributed by atoms with Crippen LogP contribution in [0.15, 0.2) is 0 Å². The summed E-state index contributed by atoms with van der Waals surface area (Å²) in [4.78, 5) is 20.1. The summed E-state index contributed by atoms with van der Waals surface area (Å²) in [7, 11) is 0. The molecule has 0 fully saturated rings. The molecule has 0 atom stereocenters. The maximum Gasteiger partial charge on any atom is 0.362 e. The van der Waals surface area contributed by atoms with Crippen molar-refractivity contribution >= 4 is 0 Å². The van der Waals surface area contributed by atoms with Gasteiger partial charge in [-0.1, -0.05) is 0 Å². The molecule has 1 aromatic heterocycles. The third-order valence-corrected chi connectivity index (χ3v) is 0.819. The molecule has 1 rings (SSSR count). The van der Waals surface area contributed by atoms with Crippen molar-refractivity contribution in [1.29, 1.82) is 0 Å². The Morgan fingerprint density at radius 1 is 0.667 bits per heavy atom. The first-order valence-corrected chi connectivity index (χ1v) is 2.50. The zero-order valence-corrected chi connectivity index (χ0v) is 5.41. The van der Waals surface area contributed by atoms with Crippen LogP contribution in [0.2, 0.25) is 0 Å². The first-order chi connectivity index (χ1) is 5.80. The molecule has 0 aliphatic heterocycles. The zero-order chi connectivity index (χ0) is 8.97. The van der Waals surface area contributed by atoms with Gasteiger partial charge in [0.2, 0.25) is 0 Å². The minimum atomic E-state index is -0.599. The topological polar surface area (TPSA) is 127 Å². The van der Waals surface area contributed by atoms with Crippen LogP contribution < -0.4 is 14.7 Å². The number of hydrogen-bond acceptors (Lipinski definition) is 9. The third kappa shape index (κ3) is 1.66. The highest BCUT2D eigenvalue weighted by Crippen LogP contribution is 2.12. The Morgan fingerprint density at radius 2 is 0.917 bits per heavy atom. The molecule has 0 aliphatic rings. The van der Waals surface area contributed by atoms with Gasteiger partial charge in [0.25, 0.3) is 0 Å². The van der Waals surface area contributed by atoms with Crippen molar-refractivity contribution in [3.05, 3.63) is 0 Å². The maximum atomic E-state index is 8.05. The molecular weight excluding hydrogens is 174 g/mol. The molecule has 0 saturated carbocycles. The summed E-state index contributed by atoms with van der Waals surface area (Å²) in [5.41, 5.74) is 0. The molecular formula is C3H3N3O6. The molecule has 0 aromatic carbocycles. The van der Waals surface area contributed by atoms with E-state index in [2.05, 4.69) is 29.6 Å². The van der Waals surface area contributed by atoms with E-state index in [1.807, 2.05) is 0 Å². The largest absolute Gasteiger partial charge is 0.362 e. The molecule has 0 bridgehead atoms. The van der Waals surface area contributed by atoms with Gasteiger partial charge in [0.1, 0.15) is 0 Å². The fourth-order valence-corrected chi connectivity index (χ4v) is 0.443. The van der Waals surface area contributed by atoms with Crippen LogP contribution in [0.1, 0.15) is 0 Å². The van der Waals surface area contributed by atoms with E-state index in [9.17, 15) is 0 Å². The van der Waals surface area contributed by atoms with Crippen LogP contribution in [0.25, 0.3) is 0 Å². The lowest BCUT2D eigenvalue weighted by Crippen LogP contribution is -2.01. The van der Waals surface area contributed by atoms with Gasteiger partial charge in [-0.15, -0.1) is 15.0 Å². The molecule has 0 unspecified atom stereocenters. The lowest BCUT2D eigenvalue weighted by Gasteiger charge is -1.98. The smallest absolute Gasteiger partial charge is 0.297 e. The first-order valence-electron chi connectivity index (χ1n) is 2.50. The summed E-state index contributed by atoms with van der Waals surface area (Å²) < 4.78 is 0. The third-order valence-electron chi connectivity index (χ3n) is 0.819. The molecule has 9 nitrogen and oxygen atoms in total. The number of nitrogens with zero attached hydrogens (tertiary/aromatic N) is 3. The SMILES string of the molecule is OOc1nc(OO)nc(OO)n1. The molecule has 0 aliphatic carbocycles. The van der Waals surface area contributed by atoms with Gasteiger partial charge < -0.3 is 0 Å². The van der Waals surface area contributed by atoms with E-state index in [0.717, 1.165) is 0 Å². The van der Waals surface area contributed by atoms with E-state index < -0.39 is 18.0 Å². The number of rotatable bonds is 3. The number of hydrogen-bond donors (Lipinski definition) is 3. The Labute approximate surface area is 64.6 Å². The van der Waals surface area contributed by atoms with E-state index in [0.29, 0.717) is 0 Å². The predicted octanol–water partition coefficient (Wildman–Crippen LogP) is -0.573. The van der Waals surface area contributed by atoms with E-state index >= 15 is 0 Å². The minimum Gasteiger partial charge on any atom is -0.297 e. The van der Waals surface area contributed by atoms with Crippen LogP contribution in [0, 0.1) is 0 Å². The van der Waals surface area contributed by atoms with Gasteiger partial charge in [0.05, 0.1) is 0 Å². The second-order valence-corrected chi connectivity index (χ2v) is 1.46. The quantitative estimate of drug-likeness (QED) is 0.410. The van der Waals surface area contributed by atoms with Gasteiger partial charge in [-0.25, -0.2) is 0 Å². The van der Waals surface area contributed by atoms with Crippen molar-refractivity contribution in [2.75, 3.05) is 0 Å². The van der Waals surface area contributed by atoms with Gasteiger partial charge >= 0.3 is 18.0 Å². The second-order valence-electron chi connectivity index (χ2n) is 1.46. The van der Waals surface area contributed by atoms with E-state index in [4.69, 9.17) is 15.8 Å². The normalized spacial score (nSPS) is 9.25. The maximum absolute atomic E-state index is 8.05. The zero-order valence-electron chi connectivity index (χ0n) is 5.41. The molecule has 12 heavy (non-hydrogen) atoms. The predicted molar refractivity (Wildman–Crippen MR) is 29.6 cm³/mol. The highest BCUT2D eigenvalue weighted by atomic mass is 17.1. The van der Waals surface area contributed by atoms with Gasteiger partial charge in [0, 0.05) is 0 Å². The molecule has 1 heterocycles. The van der Waals surface area contributed by atoms with Gasteiger partial charge in [-0.3, -0.25) is 14.7 Å². The molecule has 0 amide bonds. The van der Waals surface area contributed by atoms with Crippen molar-refractivity contribution in [1.82, 2.24) is 15.0 Å². The molecule has 66 valence electrons. The summed E-state index contributed by atoms with van der Waals surface area (Å²) >= 11 is 0. The summed E-state index contributed by atoms with van der Waals surface area (Å²) in [6, 6.07) is -1.80.